The summed E-state index contributed by atoms with van der Waals surface area (Å²) in [6, 6.07) is 11.0. The maximum absolute atomic E-state index is 13.6. The first-order valence-corrected chi connectivity index (χ1v) is 12.5. The molecule has 1 aliphatic heterocycles. The molecule has 1 aliphatic carbocycles. The van der Waals surface area contributed by atoms with Crippen LogP contribution in [0.3, 0.4) is 0 Å². The van der Waals surface area contributed by atoms with Gasteiger partial charge >= 0.3 is 0 Å². The summed E-state index contributed by atoms with van der Waals surface area (Å²) in [6.07, 6.45) is 5.30. The second-order valence-corrected chi connectivity index (χ2v) is 10.8. The average molecular weight is 551 g/mol. The highest BCUT2D eigenvalue weighted by Gasteiger charge is 2.45. The Labute approximate surface area is 216 Å². The van der Waals surface area contributed by atoms with Crippen molar-refractivity contribution in [1.29, 1.82) is 0 Å². The smallest absolute Gasteiger partial charge is 0.274 e. The van der Waals surface area contributed by atoms with Gasteiger partial charge in [-0.3, -0.25) is 24.3 Å². The monoisotopic (exact) mass is 550 g/mol. The van der Waals surface area contributed by atoms with Crippen molar-refractivity contribution in [2.45, 2.75) is 45.1 Å². The molecule has 1 aromatic carbocycles. The molecule has 3 aromatic rings. The molecule has 0 bridgehead atoms. The van der Waals surface area contributed by atoms with E-state index in [0.717, 1.165) is 12.0 Å². The molecule has 36 heavy (non-hydrogen) atoms. The van der Waals surface area contributed by atoms with E-state index in [1.807, 2.05) is 6.07 Å². The number of amides is 3. The second kappa shape index (κ2) is 9.20. The zero-order valence-electron chi connectivity index (χ0n) is 19.8. The van der Waals surface area contributed by atoms with Crippen molar-refractivity contribution in [3.63, 3.8) is 0 Å². The number of carbonyl (C=O) groups excluding carboxylic acids is 3. The van der Waals surface area contributed by atoms with Crippen molar-refractivity contribution < 1.29 is 18.8 Å². The van der Waals surface area contributed by atoms with Crippen LogP contribution in [0.2, 0.25) is 0 Å². The average Bonchev–Trinajstić information content (AvgIpc) is 3.10. The highest BCUT2D eigenvalue weighted by atomic mass is 79.9. The van der Waals surface area contributed by atoms with Crippen LogP contribution in [-0.4, -0.2) is 38.6 Å². The number of nitrogens with one attached hydrogen (secondary N) is 1. The van der Waals surface area contributed by atoms with Crippen molar-refractivity contribution in [3.05, 3.63) is 87.7 Å². The quantitative estimate of drug-likeness (QED) is 0.337. The third-order valence-electron chi connectivity index (χ3n) is 6.91. The number of pyridine rings is 2. The molecule has 1 fully saturated rings. The number of fused-ring (bicyclic) bond motifs is 1. The first kappa shape index (κ1) is 24.2. The van der Waals surface area contributed by atoms with Gasteiger partial charge in [0.15, 0.2) is 5.82 Å². The molecule has 0 unspecified atom stereocenters. The SMILES string of the molecule is CC1(C)C[C@@H](c2ccncc2NC(=O)c2ccc(F)c(Br)n2)C[C@@H](N2C(=O)c3ccccc3C2=O)C1. The number of rotatable bonds is 4. The van der Waals surface area contributed by atoms with E-state index in [1.165, 1.54) is 17.0 Å². The molecule has 184 valence electrons. The molecule has 9 heteroatoms. The largest absolute Gasteiger partial charge is 0.319 e. The topological polar surface area (TPSA) is 92.3 Å². The Morgan fingerprint density at radius 2 is 1.78 bits per heavy atom. The van der Waals surface area contributed by atoms with Gasteiger partial charge in [0.25, 0.3) is 17.7 Å². The van der Waals surface area contributed by atoms with Crippen molar-refractivity contribution in [3.8, 4) is 0 Å². The van der Waals surface area contributed by atoms with Gasteiger partial charge in [-0.2, -0.15) is 0 Å². The number of aromatic nitrogens is 2. The summed E-state index contributed by atoms with van der Waals surface area (Å²) >= 11 is 3.01. The lowest BCUT2D eigenvalue weighted by molar-refractivity contribution is 0.0448. The Morgan fingerprint density at radius 3 is 2.44 bits per heavy atom. The lowest BCUT2D eigenvalue weighted by atomic mass is 9.67. The van der Waals surface area contributed by atoms with Crippen LogP contribution in [0.5, 0.6) is 0 Å². The van der Waals surface area contributed by atoms with Gasteiger partial charge in [-0.1, -0.05) is 26.0 Å². The van der Waals surface area contributed by atoms with Gasteiger partial charge in [0.1, 0.15) is 10.3 Å². The Hall–Kier alpha value is -3.46. The molecule has 0 saturated heterocycles. The first-order valence-electron chi connectivity index (χ1n) is 11.7. The summed E-state index contributed by atoms with van der Waals surface area (Å²) in [5.74, 6) is -1.59. The zero-order chi connectivity index (χ0) is 25.6. The van der Waals surface area contributed by atoms with Crippen LogP contribution in [0.15, 0.2) is 59.5 Å². The normalized spacial score (nSPS) is 20.8. The van der Waals surface area contributed by atoms with Crippen LogP contribution in [0.4, 0.5) is 10.1 Å². The van der Waals surface area contributed by atoms with Gasteiger partial charge < -0.3 is 5.32 Å². The molecule has 2 aliphatic rings. The summed E-state index contributed by atoms with van der Waals surface area (Å²) in [5, 5.41) is 2.86. The summed E-state index contributed by atoms with van der Waals surface area (Å²) in [6.45, 7) is 4.26. The molecule has 7 nitrogen and oxygen atoms in total. The maximum atomic E-state index is 13.6. The van der Waals surface area contributed by atoms with E-state index in [1.54, 1.807) is 36.7 Å². The predicted molar refractivity (Wildman–Crippen MR) is 135 cm³/mol. The van der Waals surface area contributed by atoms with E-state index < -0.39 is 11.7 Å². The lowest BCUT2D eigenvalue weighted by Gasteiger charge is -2.43. The number of benzene rings is 1. The van der Waals surface area contributed by atoms with Crippen molar-refractivity contribution >= 4 is 39.3 Å². The fourth-order valence-electron chi connectivity index (χ4n) is 5.45. The number of hydrogen-bond acceptors (Lipinski definition) is 5. The van der Waals surface area contributed by atoms with Gasteiger partial charge in [-0.05, 0) is 82.4 Å². The fraction of sp³-hybridized carbons (Fsp3) is 0.296. The number of halogens is 2. The second-order valence-electron chi connectivity index (χ2n) is 10.1. The molecule has 3 amide bonds. The minimum atomic E-state index is -0.558. The van der Waals surface area contributed by atoms with Crippen molar-refractivity contribution in [1.82, 2.24) is 14.9 Å². The van der Waals surface area contributed by atoms with Gasteiger partial charge in [-0.25, -0.2) is 9.37 Å². The lowest BCUT2D eigenvalue weighted by Crippen LogP contribution is -2.46. The van der Waals surface area contributed by atoms with Gasteiger partial charge in [0, 0.05) is 12.2 Å². The molecule has 0 radical (unpaired) electrons. The highest BCUT2D eigenvalue weighted by Crippen LogP contribution is 2.47. The van der Waals surface area contributed by atoms with E-state index in [0.29, 0.717) is 29.7 Å². The first-order chi connectivity index (χ1) is 17.1. The fourth-order valence-corrected chi connectivity index (χ4v) is 5.78. The summed E-state index contributed by atoms with van der Waals surface area (Å²) in [5.41, 5.74) is 2.18. The zero-order valence-corrected chi connectivity index (χ0v) is 21.4. The Bertz CT molecular complexity index is 1360. The summed E-state index contributed by atoms with van der Waals surface area (Å²) < 4.78 is 13.5. The van der Waals surface area contributed by atoms with Gasteiger partial charge in [0.05, 0.1) is 23.0 Å². The van der Waals surface area contributed by atoms with Crippen molar-refractivity contribution in [2.24, 2.45) is 5.41 Å². The predicted octanol–water partition coefficient (Wildman–Crippen LogP) is 5.59. The number of anilines is 1. The van der Waals surface area contributed by atoms with E-state index in [9.17, 15) is 18.8 Å². The Morgan fingerprint density at radius 1 is 1.08 bits per heavy atom. The van der Waals surface area contributed by atoms with Crippen LogP contribution in [-0.2, 0) is 0 Å². The Balaban J connectivity index is 1.43. The minimum Gasteiger partial charge on any atom is -0.319 e. The third-order valence-corrected chi connectivity index (χ3v) is 7.47. The van der Waals surface area contributed by atoms with E-state index >= 15 is 0 Å². The molecular weight excluding hydrogens is 527 g/mol. The third kappa shape index (κ3) is 4.43. The standard InChI is InChI=1S/C27H24BrFN4O3/c1-27(2)12-15(11-16(13-27)33-25(35)18-5-3-4-6-19(18)26(33)36)17-9-10-30-14-22(17)32-24(34)21-8-7-20(29)23(28)31-21/h3-10,14-16H,11-13H2,1-2H3,(H,32,34)/t15-,16+/m0/s1. The van der Waals surface area contributed by atoms with Crippen LogP contribution < -0.4 is 5.32 Å². The summed E-state index contributed by atoms with van der Waals surface area (Å²) in [7, 11) is 0. The molecule has 5 rings (SSSR count). The van der Waals surface area contributed by atoms with Crippen LogP contribution in [0.25, 0.3) is 0 Å². The van der Waals surface area contributed by atoms with Crippen LogP contribution in [0, 0.1) is 11.2 Å². The molecule has 0 spiro atoms. The number of imide groups is 1. The van der Waals surface area contributed by atoms with Crippen molar-refractivity contribution in [2.75, 3.05) is 5.32 Å². The van der Waals surface area contributed by atoms with E-state index in [2.05, 4.69) is 45.1 Å². The molecule has 2 aromatic heterocycles. The number of nitrogens with zero attached hydrogens (tertiary/aromatic N) is 3. The molecule has 1 N–H and O–H groups in total. The number of carbonyl (C=O) groups is 3. The van der Waals surface area contributed by atoms with E-state index in [4.69, 9.17) is 0 Å². The highest BCUT2D eigenvalue weighted by molar-refractivity contribution is 9.10. The maximum Gasteiger partial charge on any atom is 0.274 e. The molecule has 1 saturated carbocycles. The van der Waals surface area contributed by atoms with E-state index in [-0.39, 0.29) is 39.5 Å². The molecule has 2 atom stereocenters. The van der Waals surface area contributed by atoms with Crippen LogP contribution in [0.1, 0.15) is 75.8 Å². The van der Waals surface area contributed by atoms with Crippen LogP contribution >= 0.6 is 15.9 Å². The Kier molecular flexibility index (Phi) is 6.20. The van der Waals surface area contributed by atoms with Gasteiger partial charge in [-0.15, -0.1) is 0 Å². The minimum absolute atomic E-state index is 0.0331. The van der Waals surface area contributed by atoms with Gasteiger partial charge in [0.2, 0.25) is 0 Å². The molecular formula is C27H24BrFN4O3. The molecule has 3 heterocycles. The number of hydrogen-bond donors (Lipinski definition) is 1. The summed E-state index contributed by atoms with van der Waals surface area (Å²) in [4.78, 5) is 48.8.